The highest BCUT2D eigenvalue weighted by atomic mass is 16.5. The van der Waals surface area contributed by atoms with Crippen LogP contribution in [0.4, 0.5) is 0 Å². The van der Waals surface area contributed by atoms with Crippen LogP contribution in [0.1, 0.15) is 103 Å². The molecule has 0 heterocycles. The monoisotopic (exact) mass is 340 g/mol. The predicted molar refractivity (Wildman–Crippen MR) is 102 cm³/mol. The number of ether oxygens (including phenoxy) is 1. The highest BCUT2D eigenvalue weighted by molar-refractivity contribution is 5.68. The van der Waals surface area contributed by atoms with Crippen LogP contribution < -0.4 is 0 Å². The summed E-state index contributed by atoms with van der Waals surface area (Å²) in [6, 6.07) is 0. The maximum absolute atomic E-state index is 11.0. The minimum atomic E-state index is -0.274. The quantitative estimate of drug-likeness (QED) is 0.202. The van der Waals surface area contributed by atoms with Gasteiger partial charge in [-0.15, -0.1) is 0 Å². The van der Waals surface area contributed by atoms with Gasteiger partial charge in [0.05, 0.1) is 13.2 Å². The van der Waals surface area contributed by atoms with Gasteiger partial charge in [0.2, 0.25) is 0 Å². The molecule has 1 unspecified atom stereocenters. The van der Waals surface area contributed by atoms with Gasteiger partial charge in [0, 0.05) is 6.42 Å². The summed E-state index contributed by atoms with van der Waals surface area (Å²) in [6.07, 6.45) is 20.9. The smallest absolute Gasteiger partial charge is 0.305 e. The minimum Gasteiger partial charge on any atom is -0.469 e. The molecule has 0 saturated carbocycles. The lowest BCUT2D eigenvalue weighted by molar-refractivity contribution is -0.140. The van der Waals surface area contributed by atoms with Crippen LogP contribution in [-0.2, 0) is 9.53 Å². The van der Waals surface area contributed by atoms with Crippen molar-refractivity contribution < 1.29 is 14.6 Å². The van der Waals surface area contributed by atoms with Crippen LogP contribution >= 0.6 is 0 Å². The van der Waals surface area contributed by atoms with E-state index in [1.54, 1.807) is 0 Å². The van der Waals surface area contributed by atoms with Gasteiger partial charge in [0.15, 0.2) is 0 Å². The standard InChI is InChI=1S/C21H40O3/c1-3-4-5-6-7-8-11-14-17-20(22)18-15-12-9-10-13-16-19-21(23)24-2/h14,17,20,22H,3-13,15-16,18-19H2,1-2H3/b17-14+. The summed E-state index contributed by atoms with van der Waals surface area (Å²) in [5.74, 6) is -0.106. The number of hydrogen-bond acceptors (Lipinski definition) is 3. The van der Waals surface area contributed by atoms with E-state index < -0.39 is 0 Å². The summed E-state index contributed by atoms with van der Waals surface area (Å²) in [6.45, 7) is 2.25. The molecule has 0 aromatic carbocycles. The van der Waals surface area contributed by atoms with E-state index in [1.165, 1.54) is 64.9 Å². The zero-order chi connectivity index (χ0) is 17.9. The van der Waals surface area contributed by atoms with E-state index in [2.05, 4.69) is 17.7 Å². The molecule has 0 fully saturated rings. The van der Waals surface area contributed by atoms with E-state index >= 15 is 0 Å². The molecule has 0 aliphatic carbocycles. The van der Waals surface area contributed by atoms with E-state index in [1.807, 2.05) is 6.08 Å². The zero-order valence-electron chi connectivity index (χ0n) is 16.1. The molecular formula is C21H40O3. The minimum absolute atomic E-state index is 0.106. The molecule has 1 atom stereocenters. The van der Waals surface area contributed by atoms with E-state index in [-0.39, 0.29) is 12.1 Å². The molecule has 0 radical (unpaired) electrons. The van der Waals surface area contributed by atoms with Crippen LogP contribution in [0.5, 0.6) is 0 Å². The van der Waals surface area contributed by atoms with Gasteiger partial charge in [-0.05, 0) is 25.7 Å². The molecule has 1 N–H and O–H groups in total. The van der Waals surface area contributed by atoms with Gasteiger partial charge in [-0.2, -0.15) is 0 Å². The molecule has 0 aromatic rings. The van der Waals surface area contributed by atoms with E-state index in [4.69, 9.17) is 0 Å². The summed E-state index contributed by atoms with van der Waals surface area (Å²) in [5, 5.41) is 9.91. The van der Waals surface area contributed by atoms with Crippen LogP contribution in [0.25, 0.3) is 0 Å². The Morgan fingerprint density at radius 1 is 0.917 bits per heavy atom. The Labute approximate surface area is 149 Å². The number of esters is 1. The number of aliphatic hydroxyl groups excluding tert-OH is 1. The van der Waals surface area contributed by atoms with Crippen LogP contribution in [0, 0.1) is 0 Å². The molecule has 0 aliphatic rings. The molecule has 3 heteroatoms. The average molecular weight is 341 g/mol. The second-order valence-corrected chi connectivity index (χ2v) is 6.79. The topological polar surface area (TPSA) is 46.5 Å². The Kier molecular flexibility index (Phi) is 17.9. The molecule has 0 bridgehead atoms. The third-order valence-electron chi connectivity index (χ3n) is 4.44. The van der Waals surface area contributed by atoms with Gasteiger partial charge < -0.3 is 9.84 Å². The summed E-state index contributed by atoms with van der Waals surface area (Å²) in [5.41, 5.74) is 0. The molecule has 0 amide bonds. The lowest BCUT2D eigenvalue weighted by Gasteiger charge is -2.05. The predicted octanol–water partition coefficient (Wildman–Crippen LogP) is 5.95. The Bertz CT molecular complexity index is 299. The zero-order valence-corrected chi connectivity index (χ0v) is 16.1. The number of aliphatic hydroxyl groups is 1. The third kappa shape index (κ3) is 17.5. The Morgan fingerprint density at radius 3 is 2.17 bits per heavy atom. The fourth-order valence-electron chi connectivity index (χ4n) is 2.82. The number of rotatable bonds is 17. The molecule has 0 spiro atoms. The SMILES string of the molecule is CCCCCCCC/C=C/C(O)CCCCCCCCC(=O)OC. The number of hydrogen-bond donors (Lipinski definition) is 1. The molecule has 24 heavy (non-hydrogen) atoms. The van der Waals surface area contributed by atoms with Gasteiger partial charge in [-0.3, -0.25) is 4.79 Å². The first kappa shape index (κ1) is 23.2. The van der Waals surface area contributed by atoms with Crippen LogP contribution in [0.3, 0.4) is 0 Å². The summed E-state index contributed by atoms with van der Waals surface area (Å²) < 4.78 is 4.62. The molecule has 0 aromatic heterocycles. The van der Waals surface area contributed by atoms with Gasteiger partial charge in [0.25, 0.3) is 0 Å². The third-order valence-corrected chi connectivity index (χ3v) is 4.44. The van der Waals surface area contributed by atoms with Crippen LogP contribution in [0.15, 0.2) is 12.2 Å². The van der Waals surface area contributed by atoms with Crippen molar-refractivity contribution in [2.45, 2.75) is 109 Å². The number of unbranched alkanes of at least 4 members (excludes halogenated alkanes) is 11. The van der Waals surface area contributed by atoms with Crippen molar-refractivity contribution in [1.29, 1.82) is 0 Å². The number of carbonyl (C=O) groups excluding carboxylic acids is 1. The number of allylic oxidation sites excluding steroid dienone is 1. The molecule has 3 nitrogen and oxygen atoms in total. The number of methoxy groups -OCH3 is 1. The van der Waals surface area contributed by atoms with Gasteiger partial charge in [-0.25, -0.2) is 0 Å². The molecule has 142 valence electrons. The van der Waals surface area contributed by atoms with E-state index in [0.29, 0.717) is 6.42 Å². The highest BCUT2D eigenvalue weighted by Crippen LogP contribution is 2.11. The molecule has 0 aliphatic heterocycles. The first-order valence-corrected chi connectivity index (χ1v) is 10.1. The van der Waals surface area contributed by atoms with E-state index in [9.17, 15) is 9.90 Å². The fourth-order valence-corrected chi connectivity index (χ4v) is 2.82. The Balaban J connectivity index is 3.29. The van der Waals surface area contributed by atoms with Gasteiger partial charge in [0.1, 0.15) is 0 Å². The van der Waals surface area contributed by atoms with E-state index in [0.717, 1.165) is 32.1 Å². The normalized spacial score (nSPS) is 12.6. The summed E-state index contributed by atoms with van der Waals surface area (Å²) >= 11 is 0. The molecule has 0 rings (SSSR count). The van der Waals surface area contributed by atoms with Crippen molar-refractivity contribution >= 4 is 5.97 Å². The molecule has 0 saturated heterocycles. The summed E-state index contributed by atoms with van der Waals surface area (Å²) in [4.78, 5) is 11.0. The van der Waals surface area contributed by atoms with Crippen molar-refractivity contribution in [1.82, 2.24) is 0 Å². The lowest BCUT2D eigenvalue weighted by atomic mass is 10.1. The van der Waals surface area contributed by atoms with Crippen LogP contribution in [-0.4, -0.2) is 24.3 Å². The van der Waals surface area contributed by atoms with Crippen molar-refractivity contribution in [2.24, 2.45) is 0 Å². The first-order chi connectivity index (χ1) is 11.7. The first-order valence-electron chi connectivity index (χ1n) is 10.1. The second-order valence-electron chi connectivity index (χ2n) is 6.79. The van der Waals surface area contributed by atoms with Crippen LogP contribution in [0.2, 0.25) is 0 Å². The fraction of sp³-hybridized carbons (Fsp3) is 0.857. The highest BCUT2D eigenvalue weighted by Gasteiger charge is 2.01. The van der Waals surface area contributed by atoms with Crippen molar-refractivity contribution in [2.75, 3.05) is 7.11 Å². The Hall–Kier alpha value is -0.830. The maximum Gasteiger partial charge on any atom is 0.305 e. The number of carbonyl (C=O) groups is 1. The average Bonchev–Trinajstić information content (AvgIpc) is 2.59. The van der Waals surface area contributed by atoms with Crippen molar-refractivity contribution in [3.8, 4) is 0 Å². The molecular weight excluding hydrogens is 300 g/mol. The van der Waals surface area contributed by atoms with Gasteiger partial charge in [-0.1, -0.05) is 83.3 Å². The maximum atomic E-state index is 11.0. The van der Waals surface area contributed by atoms with Crippen molar-refractivity contribution in [3.05, 3.63) is 12.2 Å². The van der Waals surface area contributed by atoms with Gasteiger partial charge >= 0.3 is 5.97 Å². The largest absolute Gasteiger partial charge is 0.469 e. The Morgan fingerprint density at radius 2 is 1.50 bits per heavy atom. The van der Waals surface area contributed by atoms with Crippen molar-refractivity contribution in [3.63, 3.8) is 0 Å². The summed E-state index contributed by atoms with van der Waals surface area (Å²) in [7, 11) is 1.44. The lowest BCUT2D eigenvalue weighted by Crippen LogP contribution is -2.01. The second kappa shape index (κ2) is 18.5.